The number of carboxylic acid groups (broad SMARTS) is 1. The summed E-state index contributed by atoms with van der Waals surface area (Å²) in [6.45, 7) is 0. The van der Waals surface area contributed by atoms with Gasteiger partial charge in [-0.25, -0.2) is 4.98 Å². The highest BCUT2D eigenvalue weighted by Crippen LogP contribution is 2.31. The third-order valence-corrected chi connectivity index (χ3v) is 4.11. The summed E-state index contributed by atoms with van der Waals surface area (Å²) in [5.74, 6) is -0.0852. The van der Waals surface area contributed by atoms with Crippen LogP contribution in [0, 0.1) is 0 Å². The van der Waals surface area contributed by atoms with E-state index in [0.29, 0.717) is 23.7 Å². The lowest BCUT2D eigenvalue weighted by Gasteiger charge is -2.29. The number of aromatic nitrogens is 2. The van der Waals surface area contributed by atoms with Crippen molar-refractivity contribution in [3.8, 4) is 0 Å². The fourth-order valence-electron chi connectivity index (χ4n) is 2.79. The number of hydrogen-bond acceptors (Lipinski definition) is 3. The van der Waals surface area contributed by atoms with Crippen LogP contribution in [0.2, 0.25) is 0 Å². The van der Waals surface area contributed by atoms with Crippen LogP contribution in [0.15, 0.2) is 29.1 Å². The van der Waals surface area contributed by atoms with E-state index in [1.807, 2.05) is 18.2 Å². The summed E-state index contributed by atoms with van der Waals surface area (Å²) < 4.78 is 1.80. The van der Waals surface area contributed by atoms with Crippen molar-refractivity contribution in [3.63, 3.8) is 0 Å². The van der Waals surface area contributed by atoms with Gasteiger partial charge < -0.3 is 5.11 Å². The number of benzene rings is 1. The zero-order valence-corrected chi connectivity index (χ0v) is 11.8. The first kappa shape index (κ1) is 13.8. The van der Waals surface area contributed by atoms with Gasteiger partial charge in [-0.2, -0.15) is 0 Å². The molecule has 0 radical (unpaired) electrons. The van der Waals surface area contributed by atoms with Crippen molar-refractivity contribution in [2.24, 2.45) is 0 Å². The van der Waals surface area contributed by atoms with Crippen LogP contribution in [-0.4, -0.2) is 20.6 Å². The van der Waals surface area contributed by atoms with Crippen molar-refractivity contribution < 1.29 is 9.90 Å². The Morgan fingerprint density at radius 3 is 2.76 bits per heavy atom. The number of fused-ring (bicyclic) bond motifs is 1. The lowest BCUT2D eigenvalue weighted by atomic mass is 9.92. The SMILES string of the molecule is O=C(O)CCCc1nc2ccccc2c(=O)n1C1CCC1. The number of nitrogens with zero attached hydrogens (tertiary/aromatic N) is 2. The standard InChI is InChI=1S/C16H18N2O3/c19-15(20)10-4-9-14-17-13-8-2-1-7-12(13)16(21)18(14)11-5-3-6-11/h1-2,7-8,11H,3-6,9-10H2,(H,19,20). The summed E-state index contributed by atoms with van der Waals surface area (Å²) in [7, 11) is 0. The monoisotopic (exact) mass is 286 g/mol. The molecule has 1 fully saturated rings. The largest absolute Gasteiger partial charge is 0.481 e. The minimum absolute atomic E-state index is 0.00984. The van der Waals surface area contributed by atoms with Gasteiger partial charge in [0.15, 0.2) is 0 Å². The minimum Gasteiger partial charge on any atom is -0.481 e. The van der Waals surface area contributed by atoms with Gasteiger partial charge in [0, 0.05) is 18.9 Å². The Kier molecular flexibility index (Phi) is 3.73. The second-order valence-corrected chi connectivity index (χ2v) is 5.55. The van der Waals surface area contributed by atoms with Crippen molar-refractivity contribution in [3.05, 3.63) is 40.4 Å². The van der Waals surface area contributed by atoms with Crippen molar-refractivity contribution in [2.75, 3.05) is 0 Å². The van der Waals surface area contributed by atoms with Crippen molar-refractivity contribution in [2.45, 2.75) is 44.6 Å². The van der Waals surface area contributed by atoms with Gasteiger partial charge in [0.05, 0.1) is 10.9 Å². The fourth-order valence-corrected chi connectivity index (χ4v) is 2.79. The molecule has 0 saturated heterocycles. The molecule has 5 heteroatoms. The highest BCUT2D eigenvalue weighted by Gasteiger charge is 2.24. The van der Waals surface area contributed by atoms with E-state index in [0.717, 1.165) is 25.1 Å². The molecule has 1 aromatic heterocycles. The lowest BCUT2D eigenvalue weighted by Crippen LogP contribution is -2.32. The molecular weight excluding hydrogens is 268 g/mol. The molecule has 0 atom stereocenters. The molecule has 1 aromatic carbocycles. The molecule has 21 heavy (non-hydrogen) atoms. The van der Waals surface area contributed by atoms with Crippen LogP contribution >= 0.6 is 0 Å². The summed E-state index contributed by atoms with van der Waals surface area (Å²) in [4.78, 5) is 28.0. The molecule has 1 saturated carbocycles. The van der Waals surface area contributed by atoms with Gasteiger partial charge in [-0.3, -0.25) is 14.2 Å². The molecular formula is C16H18N2O3. The number of hydrogen-bond donors (Lipinski definition) is 1. The molecule has 2 aromatic rings. The summed E-state index contributed by atoms with van der Waals surface area (Å²) in [5, 5.41) is 9.41. The molecule has 110 valence electrons. The van der Waals surface area contributed by atoms with Crippen molar-refractivity contribution in [1.82, 2.24) is 9.55 Å². The quantitative estimate of drug-likeness (QED) is 0.916. The van der Waals surface area contributed by atoms with E-state index in [9.17, 15) is 9.59 Å². The molecule has 3 rings (SSSR count). The molecule has 1 aliphatic rings. The first-order chi connectivity index (χ1) is 10.2. The topological polar surface area (TPSA) is 72.2 Å². The second-order valence-electron chi connectivity index (χ2n) is 5.55. The van der Waals surface area contributed by atoms with Crippen LogP contribution in [0.3, 0.4) is 0 Å². The van der Waals surface area contributed by atoms with E-state index in [-0.39, 0.29) is 18.0 Å². The van der Waals surface area contributed by atoms with Crippen LogP contribution in [-0.2, 0) is 11.2 Å². The molecule has 0 bridgehead atoms. The Labute approximate surface area is 122 Å². The Morgan fingerprint density at radius 2 is 2.10 bits per heavy atom. The molecule has 0 aliphatic heterocycles. The predicted octanol–water partition coefficient (Wildman–Crippen LogP) is 2.53. The molecule has 1 heterocycles. The molecule has 0 spiro atoms. The Morgan fingerprint density at radius 1 is 1.33 bits per heavy atom. The smallest absolute Gasteiger partial charge is 0.303 e. The normalized spacial score (nSPS) is 15.0. The predicted molar refractivity (Wildman–Crippen MR) is 79.5 cm³/mol. The minimum atomic E-state index is -0.812. The third-order valence-electron chi connectivity index (χ3n) is 4.11. The number of aryl methyl sites for hydroxylation is 1. The zero-order valence-electron chi connectivity index (χ0n) is 11.8. The maximum Gasteiger partial charge on any atom is 0.303 e. The van der Waals surface area contributed by atoms with Crippen LogP contribution in [0.25, 0.3) is 10.9 Å². The van der Waals surface area contributed by atoms with E-state index in [2.05, 4.69) is 4.98 Å². The van der Waals surface area contributed by atoms with Crippen LogP contribution < -0.4 is 5.56 Å². The molecule has 0 unspecified atom stereocenters. The van der Waals surface area contributed by atoms with Gasteiger partial charge in [-0.15, -0.1) is 0 Å². The van der Waals surface area contributed by atoms with Gasteiger partial charge in [-0.1, -0.05) is 12.1 Å². The Balaban J connectivity index is 2.03. The highest BCUT2D eigenvalue weighted by molar-refractivity contribution is 5.77. The number of para-hydroxylation sites is 1. The summed E-state index contributed by atoms with van der Waals surface area (Å²) in [6, 6.07) is 7.59. The van der Waals surface area contributed by atoms with Gasteiger partial charge in [0.1, 0.15) is 5.82 Å². The Bertz CT molecular complexity index is 732. The molecule has 1 N–H and O–H groups in total. The maximum atomic E-state index is 12.7. The third kappa shape index (κ3) is 2.68. The second kappa shape index (κ2) is 5.68. The average molecular weight is 286 g/mol. The first-order valence-corrected chi connectivity index (χ1v) is 7.39. The number of carboxylic acids is 1. The van der Waals surface area contributed by atoms with E-state index in [1.54, 1.807) is 10.6 Å². The first-order valence-electron chi connectivity index (χ1n) is 7.39. The maximum absolute atomic E-state index is 12.7. The summed E-state index contributed by atoms with van der Waals surface area (Å²) >= 11 is 0. The summed E-state index contributed by atoms with van der Waals surface area (Å²) in [6.07, 6.45) is 4.29. The van der Waals surface area contributed by atoms with Crippen LogP contribution in [0.1, 0.15) is 44.0 Å². The fraction of sp³-hybridized carbons (Fsp3) is 0.438. The number of carbonyl (C=O) groups is 1. The molecule has 1 aliphatic carbocycles. The van der Waals surface area contributed by atoms with Crippen molar-refractivity contribution >= 4 is 16.9 Å². The summed E-state index contributed by atoms with van der Waals surface area (Å²) in [5.41, 5.74) is 0.707. The van der Waals surface area contributed by atoms with E-state index < -0.39 is 5.97 Å². The Hall–Kier alpha value is -2.17. The van der Waals surface area contributed by atoms with Crippen LogP contribution in [0.5, 0.6) is 0 Å². The van der Waals surface area contributed by atoms with Gasteiger partial charge in [-0.05, 0) is 37.8 Å². The van der Waals surface area contributed by atoms with E-state index in [1.165, 1.54) is 0 Å². The average Bonchev–Trinajstić information content (AvgIpc) is 2.40. The number of rotatable bonds is 5. The lowest BCUT2D eigenvalue weighted by molar-refractivity contribution is -0.137. The van der Waals surface area contributed by atoms with Crippen LogP contribution in [0.4, 0.5) is 0 Å². The van der Waals surface area contributed by atoms with Gasteiger partial charge in [0.25, 0.3) is 5.56 Å². The highest BCUT2D eigenvalue weighted by atomic mass is 16.4. The van der Waals surface area contributed by atoms with E-state index >= 15 is 0 Å². The van der Waals surface area contributed by atoms with Gasteiger partial charge >= 0.3 is 5.97 Å². The van der Waals surface area contributed by atoms with E-state index in [4.69, 9.17) is 5.11 Å². The van der Waals surface area contributed by atoms with Gasteiger partial charge in [0.2, 0.25) is 0 Å². The zero-order chi connectivity index (χ0) is 14.8. The van der Waals surface area contributed by atoms with Crippen molar-refractivity contribution in [1.29, 1.82) is 0 Å². The molecule has 0 amide bonds. The number of aliphatic carboxylic acids is 1. The molecule has 5 nitrogen and oxygen atoms in total.